The normalized spacial score (nSPS) is 17.5. The summed E-state index contributed by atoms with van der Waals surface area (Å²) in [6.45, 7) is 1.22. The average Bonchev–Trinajstić information content (AvgIpc) is 3.04. The molecular weight excluding hydrogens is 338 g/mol. The van der Waals surface area contributed by atoms with Crippen molar-refractivity contribution < 1.29 is 9.59 Å². The zero-order chi connectivity index (χ0) is 17.8. The number of benzene rings is 1. The number of Topliss-reactive ketones (excluding diaryl/α,β-unsaturated/α-hetero) is 1. The highest BCUT2D eigenvalue weighted by molar-refractivity contribution is 6.31. The number of rotatable bonds is 5. The molecule has 1 atom stereocenters. The summed E-state index contributed by atoms with van der Waals surface area (Å²) in [5.74, 6) is 0.0318. The fourth-order valence-electron chi connectivity index (χ4n) is 3.33. The maximum absolute atomic E-state index is 12.7. The third-order valence-electron chi connectivity index (χ3n) is 4.77. The van der Waals surface area contributed by atoms with Crippen LogP contribution in [0, 0.1) is 5.92 Å². The molecule has 2 heterocycles. The molecule has 1 amide bonds. The minimum Gasteiger partial charge on any atom is -0.342 e. The minimum absolute atomic E-state index is 0.0756. The first-order valence-electron chi connectivity index (χ1n) is 8.59. The van der Waals surface area contributed by atoms with Gasteiger partial charge in [-0.05, 0) is 37.5 Å². The van der Waals surface area contributed by atoms with Crippen LogP contribution in [-0.2, 0) is 18.3 Å². The standard InChI is InChI=1S/C19H22ClN3O2/c1-22-17(9-10-21-22)7-8-18(24)23-11-3-5-15(13-23)19(25)14-4-2-6-16(20)12-14/h2,4,6,9-10,12,15H,3,5,7-8,11,13H2,1H3. The fraction of sp³-hybridized carbons (Fsp3) is 0.421. The Hall–Kier alpha value is -2.14. The number of aryl methyl sites for hydroxylation is 2. The lowest BCUT2D eigenvalue weighted by molar-refractivity contribution is -0.132. The van der Waals surface area contributed by atoms with E-state index in [4.69, 9.17) is 11.6 Å². The number of hydrogen-bond acceptors (Lipinski definition) is 3. The number of ketones is 1. The summed E-state index contributed by atoms with van der Waals surface area (Å²) < 4.78 is 1.79. The third-order valence-corrected chi connectivity index (χ3v) is 5.01. The van der Waals surface area contributed by atoms with E-state index in [2.05, 4.69) is 5.10 Å². The van der Waals surface area contributed by atoms with Crippen LogP contribution >= 0.6 is 11.6 Å². The highest BCUT2D eigenvalue weighted by Gasteiger charge is 2.29. The molecule has 1 unspecified atom stereocenters. The van der Waals surface area contributed by atoms with E-state index in [1.54, 1.807) is 35.1 Å². The summed E-state index contributed by atoms with van der Waals surface area (Å²) in [6, 6.07) is 8.96. The van der Waals surface area contributed by atoms with Gasteiger partial charge in [0.2, 0.25) is 5.91 Å². The van der Waals surface area contributed by atoms with Crippen LogP contribution in [0.15, 0.2) is 36.5 Å². The van der Waals surface area contributed by atoms with Gasteiger partial charge < -0.3 is 4.90 Å². The Labute approximate surface area is 152 Å². The van der Waals surface area contributed by atoms with Crippen LogP contribution in [-0.4, -0.2) is 39.5 Å². The van der Waals surface area contributed by atoms with Gasteiger partial charge in [-0.25, -0.2) is 0 Å². The zero-order valence-corrected chi connectivity index (χ0v) is 15.1. The van der Waals surface area contributed by atoms with Gasteiger partial charge in [0, 0.05) is 55.0 Å². The summed E-state index contributed by atoms with van der Waals surface area (Å²) in [4.78, 5) is 27.1. The summed E-state index contributed by atoms with van der Waals surface area (Å²) >= 11 is 5.99. The molecule has 1 aliphatic rings. The molecule has 3 rings (SSSR count). The van der Waals surface area contributed by atoms with Gasteiger partial charge in [-0.2, -0.15) is 5.10 Å². The van der Waals surface area contributed by atoms with Crippen molar-refractivity contribution in [3.8, 4) is 0 Å². The van der Waals surface area contributed by atoms with Crippen molar-refractivity contribution >= 4 is 23.3 Å². The van der Waals surface area contributed by atoms with Gasteiger partial charge >= 0.3 is 0 Å². The van der Waals surface area contributed by atoms with Crippen molar-refractivity contribution in [1.29, 1.82) is 0 Å². The zero-order valence-electron chi connectivity index (χ0n) is 14.3. The van der Waals surface area contributed by atoms with Crippen LogP contribution < -0.4 is 0 Å². The topological polar surface area (TPSA) is 55.2 Å². The van der Waals surface area contributed by atoms with Crippen LogP contribution in [0.3, 0.4) is 0 Å². The van der Waals surface area contributed by atoms with Crippen molar-refractivity contribution in [2.75, 3.05) is 13.1 Å². The SMILES string of the molecule is Cn1nccc1CCC(=O)N1CCCC(C(=O)c2cccc(Cl)c2)C1. The molecule has 25 heavy (non-hydrogen) atoms. The molecule has 2 aromatic rings. The summed E-state index contributed by atoms with van der Waals surface area (Å²) in [6.07, 6.45) is 4.52. The van der Waals surface area contributed by atoms with Gasteiger partial charge in [0.05, 0.1) is 0 Å². The Bertz CT molecular complexity index is 772. The molecule has 1 fully saturated rings. The van der Waals surface area contributed by atoms with Gasteiger partial charge in [0.25, 0.3) is 0 Å². The van der Waals surface area contributed by atoms with E-state index in [1.165, 1.54) is 0 Å². The van der Waals surface area contributed by atoms with E-state index in [9.17, 15) is 9.59 Å². The van der Waals surface area contributed by atoms with Crippen LogP contribution in [0.5, 0.6) is 0 Å². The number of hydrogen-bond donors (Lipinski definition) is 0. The van der Waals surface area contributed by atoms with Crippen molar-refractivity contribution in [3.63, 3.8) is 0 Å². The first kappa shape index (κ1) is 17.7. The van der Waals surface area contributed by atoms with Gasteiger partial charge in [0.15, 0.2) is 5.78 Å². The number of carbonyl (C=O) groups excluding carboxylic acids is 2. The molecule has 0 aliphatic carbocycles. The molecule has 1 saturated heterocycles. The van der Waals surface area contributed by atoms with Crippen molar-refractivity contribution in [2.45, 2.75) is 25.7 Å². The molecule has 1 aromatic carbocycles. The second-order valence-corrected chi connectivity index (χ2v) is 6.94. The number of nitrogens with zero attached hydrogens (tertiary/aromatic N) is 3. The van der Waals surface area contributed by atoms with Crippen molar-refractivity contribution in [1.82, 2.24) is 14.7 Å². The third kappa shape index (κ3) is 4.28. The second kappa shape index (κ2) is 7.83. The van der Waals surface area contributed by atoms with Gasteiger partial charge in [0.1, 0.15) is 0 Å². The number of aromatic nitrogens is 2. The van der Waals surface area contributed by atoms with Gasteiger partial charge in [-0.3, -0.25) is 14.3 Å². The predicted molar refractivity (Wildman–Crippen MR) is 96.6 cm³/mol. The summed E-state index contributed by atoms with van der Waals surface area (Å²) in [5, 5.41) is 4.68. The maximum Gasteiger partial charge on any atom is 0.222 e. The predicted octanol–water partition coefficient (Wildman–Crippen LogP) is 3.13. The molecule has 1 aliphatic heterocycles. The lowest BCUT2D eigenvalue weighted by Gasteiger charge is -2.32. The number of piperidine rings is 1. The van der Waals surface area contributed by atoms with Crippen molar-refractivity contribution in [2.24, 2.45) is 13.0 Å². The first-order valence-corrected chi connectivity index (χ1v) is 8.97. The smallest absolute Gasteiger partial charge is 0.222 e. The Morgan fingerprint density at radius 1 is 1.32 bits per heavy atom. The Kier molecular flexibility index (Phi) is 5.53. The van der Waals surface area contributed by atoms with Crippen LogP contribution in [0.2, 0.25) is 5.02 Å². The maximum atomic E-state index is 12.7. The van der Waals surface area contributed by atoms with Crippen LogP contribution in [0.4, 0.5) is 0 Å². The number of carbonyl (C=O) groups is 2. The lowest BCUT2D eigenvalue weighted by Crippen LogP contribution is -2.42. The number of amides is 1. The van der Waals surface area contributed by atoms with E-state index in [0.717, 1.165) is 25.1 Å². The summed E-state index contributed by atoms with van der Waals surface area (Å²) in [7, 11) is 1.88. The van der Waals surface area contributed by atoms with Crippen molar-refractivity contribution in [3.05, 3.63) is 52.8 Å². The largest absolute Gasteiger partial charge is 0.342 e. The molecular formula is C19H22ClN3O2. The molecule has 1 aromatic heterocycles. The van der Waals surface area contributed by atoms with E-state index >= 15 is 0 Å². The highest BCUT2D eigenvalue weighted by Crippen LogP contribution is 2.23. The molecule has 132 valence electrons. The Balaban J connectivity index is 1.59. The average molecular weight is 360 g/mol. The minimum atomic E-state index is -0.145. The molecule has 0 bridgehead atoms. The Morgan fingerprint density at radius 2 is 2.16 bits per heavy atom. The first-order chi connectivity index (χ1) is 12.0. The molecule has 0 saturated carbocycles. The molecule has 0 radical (unpaired) electrons. The Morgan fingerprint density at radius 3 is 2.88 bits per heavy atom. The summed E-state index contributed by atoms with van der Waals surface area (Å²) in [5.41, 5.74) is 1.67. The van der Waals surface area contributed by atoms with Gasteiger partial charge in [-0.15, -0.1) is 0 Å². The molecule has 5 nitrogen and oxygen atoms in total. The van der Waals surface area contributed by atoms with Crippen LogP contribution in [0.1, 0.15) is 35.3 Å². The van der Waals surface area contributed by atoms with E-state index in [0.29, 0.717) is 30.0 Å². The number of likely N-dealkylation sites (tertiary alicyclic amines) is 1. The quantitative estimate of drug-likeness (QED) is 0.771. The lowest BCUT2D eigenvalue weighted by atomic mass is 9.90. The monoisotopic (exact) mass is 359 g/mol. The molecule has 0 spiro atoms. The second-order valence-electron chi connectivity index (χ2n) is 6.50. The van der Waals surface area contributed by atoms with E-state index < -0.39 is 0 Å². The fourth-order valence-corrected chi connectivity index (χ4v) is 3.53. The number of halogens is 1. The highest BCUT2D eigenvalue weighted by atomic mass is 35.5. The van der Waals surface area contributed by atoms with E-state index in [-0.39, 0.29) is 17.6 Å². The molecule has 6 heteroatoms. The van der Waals surface area contributed by atoms with Gasteiger partial charge in [-0.1, -0.05) is 23.7 Å². The molecule has 0 N–H and O–H groups in total. The van der Waals surface area contributed by atoms with E-state index in [1.807, 2.05) is 18.0 Å². The van der Waals surface area contributed by atoms with Crippen LogP contribution in [0.25, 0.3) is 0 Å².